The van der Waals surface area contributed by atoms with Gasteiger partial charge in [0.15, 0.2) is 0 Å². The van der Waals surface area contributed by atoms with E-state index in [0.717, 1.165) is 22.1 Å². The smallest absolute Gasteiger partial charge is 0.256 e. The Bertz CT molecular complexity index is 563. The number of benzene rings is 2. The molecule has 2 aromatic carbocycles. The number of carbonyl (C=O) groups is 1. The van der Waals surface area contributed by atoms with Crippen molar-refractivity contribution in [2.75, 3.05) is 5.32 Å². The second kappa shape index (κ2) is 6.70. The van der Waals surface area contributed by atoms with Crippen LogP contribution < -0.4 is 5.32 Å². The van der Waals surface area contributed by atoms with E-state index in [1.54, 1.807) is 0 Å². The maximum Gasteiger partial charge on any atom is 0.256 e. The van der Waals surface area contributed by atoms with Crippen LogP contribution in [0.1, 0.15) is 29.3 Å². The zero-order valence-corrected chi connectivity index (χ0v) is 13.0. The molecule has 98 valence electrons. The molecular formula is C16H16INO. The lowest BCUT2D eigenvalue weighted by Crippen LogP contribution is -2.13. The number of nitrogens with one attached hydrogen (secondary N) is 1. The van der Waals surface area contributed by atoms with Crippen molar-refractivity contribution in [1.29, 1.82) is 0 Å². The van der Waals surface area contributed by atoms with Crippen LogP contribution in [0.2, 0.25) is 0 Å². The highest BCUT2D eigenvalue weighted by molar-refractivity contribution is 14.1. The van der Waals surface area contributed by atoms with Crippen LogP contribution in [0, 0.1) is 3.57 Å². The highest BCUT2D eigenvalue weighted by Crippen LogP contribution is 2.15. The van der Waals surface area contributed by atoms with Gasteiger partial charge in [0.2, 0.25) is 0 Å². The zero-order valence-electron chi connectivity index (χ0n) is 10.8. The third-order valence-corrected chi connectivity index (χ3v) is 3.81. The summed E-state index contributed by atoms with van der Waals surface area (Å²) in [6.45, 7) is 2.16. The summed E-state index contributed by atoms with van der Waals surface area (Å²) < 4.78 is 0.959. The quantitative estimate of drug-likeness (QED) is 0.795. The van der Waals surface area contributed by atoms with Crippen LogP contribution in [0.25, 0.3) is 0 Å². The minimum atomic E-state index is -0.0618. The minimum Gasteiger partial charge on any atom is -0.322 e. The number of anilines is 1. The summed E-state index contributed by atoms with van der Waals surface area (Å²) in [6.07, 6.45) is 2.21. The van der Waals surface area contributed by atoms with E-state index in [2.05, 4.69) is 47.0 Å². The first kappa shape index (κ1) is 14.1. The van der Waals surface area contributed by atoms with Crippen LogP contribution in [-0.2, 0) is 6.42 Å². The number of amides is 1. The summed E-state index contributed by atoms with van der Waals surface area (Å²) >= 11 is 2.17. The molecule has 2 aromatic rings. The summed E-state index contributed by atoms with van der Waals surface area (Å²) in [6, 6.07) is 15.6. The first-order chi connectivity index (χ1) is 9.20. The Balaban J connectivity index is 2.09. The van der Waals surface area contributed by atoms with Gasteiger partial charge in [0, 0.05) is 9.26 Å². The Labute approximate surface area is 127 Å². The predicted molar refractivity (Wildman–Crippen MR) is 87.5 cm³/mol. The molecule has 0 aliphatic carbocycles. The number of hydrogen-bond donors (Lipinski definition) is 1. The van der Waals surface area contributed by atoms with E-state index in [1.165, 1.54) is 5.56 Å². The Hall–Kier alpha value is -1.36. The predicted octanol–water partition coefficient (Wildman–Crippen LogP) is 4.50. The van der Waals surface area contributed by atoms with E-state index in [9.17, 15) is 4.79 Å². The molecule has 1 amide bonds. The van der Waals surface area contributed by atoms with E-state index in [-0.39, 0.29) is 5.91 Å². The summed E-state index contributed by atoms with van der Waals surface area (Å²) in [4.78, 5) is 12.1. The lowest BCUT2D eigenvalue weighted by Gasteiger charge is -2.07. The van der Waals surface area contributed by atoms with E-state index >= 15 is 0 Å². The van der Waals surface area contributed by atoms with Gasteiger partial charge in [-0.05, 0) is 58.8 Å². The van der Waals surface area contributed by atoms with E-state index in [0.29, 0.717) is 5.56 Å². The summed E-state index contributed by atoms with van der Waals surface area (Å²) in [5, 5.41) is 2.92. The van der Waals surface area contributed by atoms with E-state index in [1.807, 2.05) is 36.4 Å². The molecule has 0 atom stereocenters. The molecule has 0 heterocycles. The molecule has 3 heteroatoms. The first-order valence-electron chi connectivity index (χ1n) is 6.35. The van der Waals surface area contributed by atoms with Crippen molar-refractivity contribution in [3.05, 3.63) is 63.2 Å². The van der Waals surface area contributed by atoms with Crippen LogP contribution in [-0.4, -0.2) is 5.91 Å². The molecule has 2 rings (SSSR count). The first-order valence-corrected chi connectivity index (χ1v) is 7.43. The van der Waals surface area contributed by atoms with Crippen LogP contribution in [0.3, 0.4) is 0 Å². The maximum absolute atomic E-state index is 12.1. The van der Waals surface area contributed by atoms with Gasteiger partial charge in [0.25, 0.3) is 5.91 Å². The molecule has 1 N–H and O–H groups in total. The molecule has 0 aliphatic rings. The zero-order chi connectivity index (χ0) is 13.7. The molecule has 0 unspecified atom stereocenters. The summed E-state index contributed by atoms with van der Waals surface area (Å²) in [5.41, 5.74) is 2.85. The lowest BCUT2D eigenvalue weighted by atomic mass is 10.1. The average Bonchev–Trinajstić information content (AvgIpc) is 2.42. The van der Waals surface area contributed by atoms with Crippen LogP contribution >= 0.6 is 22.6 Å². The Kier molecular flexibility index (Phi) is 4.96. The molecule has 0 bridgehead atoms. The molecule has 0 spiro atoms. The van der Waals surface area contributed by atoms with E-state index in [4.69, 9.17) is 0 Å². The number of aryl methyl sites for hydroxylation is 1. The maximum atomic E-state index is 12.1. The number of rotatable bonds is 4. The third-order valence-electron chi connectivity index (χ3n) is 2.87. The normalized spacial score (nSPS) is 10.2. The van der Waals surface area contributed by atoms with Crippen molar-refractivity contribution < 1.29 is 4.79 Å². The fourth-order valence-electron chi connectivity index (χ4n) is 1.89. The fourth-order valence-corrected chi connectivity index (χ4v) is 2.52. The number of carbonyl (C=O) groups excluding carboxylic acids is 1. The fraction of sp³-hybridized carbons (Fsp3) is 0.188. The standard InChI is InChI=1S/C16H16INO/c1-2-5-12-8-10-13(11-9-12)18-16(19)14-6-3-4-7-15(14)17/h3-4,6-11H,2,5H2,1H3,(H,18,19). The molecule has 0 fully saturated rings. The largest absolute Gasteiger partial charge is 0.322 e. The van der Waals surface area contributed by atoms with Gasteiger partial charge in [-0.15, -0.1) is 0 Å². The van der Waals surface area contributed by atoms with Gasteiger partial charge in [0.05, 0.1) is 5.56 Å². The van der Waals surface area contributed by atoms with Gasteiger partial charge < -0.3 is 5.32 Å². The Morgan fingerprint density at radius 2 is 1.79 bits per heavy atom. The van der Waals surface area contributed by atoms with Crippen molar-refractivity contribution in [3.8, 4) is 0 Å². The number of halogens is 1. The van der Waals surface area contributed by atoms with Crippen LogP contribution in [0.4, 0.5) is 5.69 Å². The van der Waals surface area contributed by atoms with Gasteiger partial charge in [-0.25, -0.2) is 0 Å². The van der Waals surface area contributed by atoms with Gasteiger partial charge in [-0.1, -0.05) is 37.6 Å². The molecular weight excluding hydrogens is 349 g/mol. The second-order valence-corrected chi connectivity index (χ2v) is 5.54. The summed E-state index contributed by atoms with van der Waals surface area (Å²) in [7, 11) is 0. The molecule has 2 nitrogen and oxygen atoms in total. The molecule has 0 aromatic heterocycles. The Morgan fingerprint density at radius 3 is 2.42 bits per heavy atom. The minimum absolute atomic E-state index is 0.0618. The third kappa shape index (κ3) is 3.80. The second-order valence-electron chi connectivity index (χ2n) is 4.38. The summed E-state index contributed by atoms with van der Waals surface area (Å²) in [5.74, 6) is -0.0618. The monoisotopic (exact) mass is 365 g/mol. The SMILES string of the molecule is CCCc1ccc(NC(=O)c2ccccc2I)cc1. The molecule has 0 aliphatic heterocycles. The lowest BCUT2D eigenvalue weighted by molar-refractivity contribution is 0.102. The highest BCUT2D eigenvalue weighted by Gasteiger charge is 2.08. The number of hydrogen-bond acceptors (Lipinski definition) is 1. The molecule has 0 saturated heterocycles. The molecule has 0 radical (unpaired) electrons. The van der Waals surface area contributed by atoms with Crippen LogP contribution in [0.5, 0.6) is 0 Å². The highest BCUT2D eigenvalue weighted by atomic mass is 127. The van der Waals surface area contributed by atoms with Crippen molar-refractivity contribution in [2.24, 2.45) is 0 Å². The van der Waals surface area contributed by atoms with Crippen molar-refractivity contribution >= 4 is 34.2 Å². The average molecular weight is 365 g/mol. The van der Waals surface area contributed by atoms with Gasteiger partial charge in [-0.2, -0.15) is 0 Å². The van der Waals surface area contributed by atoms with Gasteiger partial charge in [-0.3, -0.25) is 4.79 Å². The van der Waals surface area contributed by atoms with Crippen LogP contribution in [0.15, 0.2) is 48.5 Å². The molecule has 19 heavy (non-hydrogen) atoms. The topological polar surface area (TPSA) is 29.1 Å². The van der Waals surface area contributed by atoms with Gasteiger partial charge >= 0.3 is 0 Å². The van der Waals surface area contributed by atoms with Gasteiger partial charge in [0.1, 0.15) is 0 Å². The van der Waals surface area contributed by atoms with Crippen molar-refractivity contribution in [3.63, 3.8) is 0 Å². The molecule has 0 saturated carbocycles. The van der Waals surface area contributed by atoms with E-state index < -0.39 is 0 Å². The Morgan fingerprint density at radius 1 is 1.11 bits per heavy atom. The van der Waals surface area contributed by atoms with Crippen molar-refractivity contribution in [2.45, 2.75) is 19.8 Å². The van der Waals surface area contributed by atoms with Crippen molar-refractivity contribution in [1.82, 2.24) is 0 Å².